The standard InChI is InChI=1S/C26H28FNO5/c1-17(26(31)20-7-10-22(30)11-8-20)28-14-13-19-9-12-23(15-24(19)27)33-25-6-4-3-5-21(25)16-32-18(2)29/h3-12,15,17,26,28,30-31H,13-14,16H2,1-2H3/t17-,26-/m0/s1. The zero-order valence-electron chi connectivity index (χ0n) is 18.6. The Bertz CT molecular complexity index is 1070. The predicted molar refractivity (Wildman–Crippen MR) is 123 cm³/mol. The summed E-state index contributed by atoms with van der Waals surface area (Å²) in [6.07, 6.45) is -0.319. The summed E-state index contributed by atoms with van der Waals surface area (Å²) in [5.74, 6) is 0.194. The minimum Gasteiger partial charge on any atom is -0.508 e. The number of phenols is 1. The van der Waals surface area contributed by atoms with Crippen LogP contribution in [0.1, 0.15) is 36.6 Å². The van der Waals surface area contributed by atoms with E-state index >= 15 is 0 Å². The van der Waals surface area contributed by atoms with Crippen molar-refractivity contribution in [2.75, 3.05) is 6.54 Å². The van der Waals surface area contributed by atoms with Crippen molar-refractivity contribution in [3.63, 3.8) is 0 Å². The number of hydrogen-bond acceptors (Lipinski definition) is 6. The third kappa shape index (κ3) is 7.03. The van der Waals surface area contributed by atoms with Crippen LogP contribution in [0.25, 0.3) is 0 Å². The molecular formula is C26H28FNO5. The zero-order chi connectivity index (χ0) is 23.8. The molecule has 33 heavy (non-hydrogen) atoms. The SMILES string of the molecule is CC(=O)OCc1ccccc1Oc1ccc(CCN[C@@H](C)[C@H](O)c2ccc(O)cc2)c(F)c1. The number of aromatic hydroxyl groups is 1. The molecule has 3 rings (SSSR count). The van der Waals surface area contributed by atoms with Gasteiger partial charge in [0.1, 0.15) is 29.7 Å². The maximum Gasteiger partial charge on any atom is 0.302 e. The summed E-state index contributed by atoms with van der Waals surface area (Å²) in [4.78, 5) is 11.1. The number of esters is 1. The second kappa shape index (κ2) is 11.4. The lowest BCUT2D eigenvalue weighted by Crippen LogP contribution is -2.33. The van der Waals surface area contributed by atoms with Gasteiger partial charge >= 0.3 is 5.97 Å². The third-order valence-electron chi connectivity index (χ3n) is 5.22. The number of ether oxygens (including phenoxy) is 2. The Morgan fingerprint density at radius 2 is 1.79 bits per heavy atom. The van der Waals surface area contributed by atoms with E-state index in [0.29, 0.717) is 41.2 Å². The van der Waals surface area contributed by atoms with Crippen LogP contribution in [0.15, 0.2) is 66.7 Å². The van der Waals surface area contributed by atoms with Crippen molar-refractivity contribution >= 4 is 5.97 Å². The van der Waals surface area contributed by atoms with Crippen molar-refractivity contribution in [3.8, 4) is 17.2 Å². The van der Waals surface area contributed by atoms with Gasteiger partial charge in [0.15, 0.2) is 0 Å². The van der Waals surface area contributed by atoms with Crippen LogP contribution >= 0.6 is 0 Å². The van der Waals surface area contributed by atoms with E-state index in [1.807, 2.05) is 13.0 Å². The molecule has 0 spiro atoms. The van der Waals surface area contributed by atoms with Gasteiger partial charge in [-0.25, -0.2) is 4.39 Å². The maximum atomic E-state index is 14.6. The monoisotopic (exact) mass is 453 g/mol. The summed E-state index contributed by atoms with van der Waals surface area (Å²) in [7, 11) is 0. The molecule has 6 nitrogen and oxygen atoms in total. The van der Waals surface area contributed by atoms with Crippen molar-refractivity contribution < 1.29 is 28.9 Å². The zero-order valence-corrected chi connectivity index (χ0v) is 18.6. The number of halogens is 1. The summed E-state index contributed by atoms with van der Waals surface area (Å²) >= 11 is 0. The van der Waals surface area contributed by atoms with Crippen molar-refractivity contribution in [2.45, 2.75) is 39.0 Å². The Hall–Kier alpha value is -3.42. The summed E-state index contributed by atoms with van der Waals surface area (Å²) in [6.45, 7) is 3.73. The number of para-hydroxylation sites is 1. The molecule has 0 bridgehead atoms. The van der Waals surface area contributed by atoms with Crippen molar-refractivity contribution in [3.05, 3.63) is 89.2 Å². The first-order chi connectivity index (χ1) is 15.8. The lowest BCUT2D eigenvalue weighted by atomic mass is 10.0. The Balaban J connectivity index is 1.56. The molecule has 0 radical (unpaired) electrons. The van der Waals surface area contributed by atoms with Crippen LogP contribution in [0.3, 0.4) is 0 Å². The molecule has 0 aromatic heterocycles. The van der Waals surface area contributed by atoms with E-state index in [4.69, 9.17) is 9.47 Å². The van der Waals surface area contributed by atoms with E-state index < -0.39 is 17.9 Å². The average molecular weight is 454 g/mol. The number of aliphatic hydroxyl groups is 1. The largest absolute Gasteiger partial charge is 0.508 e. The lowest BCUT2D eigenvalue weighted by Gasteiger charge is -2.21. The van der Waals surface area contributed by atoms with Gasteiger partial charge in [0.2, 0.25) is 0 Å². The highest BCUT2D eigenvalue weighted by Gasteiger charge is 2.16. The minimum absolute atomic E-state index is 0.0753. The molecule has 3 aromatic rings. The maximum absolute atomic E-state index is 14.6. The number of hydrogen-bond donors (Lipinski definition) is 3. The van der Waals surface area contributed by atoms with Gasteiger partial charge in [-0.15, -0.1) is 0 Å². The van der Waals surface area contributed by atoms with Gasteiger partial charge in [-0.2, -0.15) is 0 Å². The number of aliphatic hydroxyl groups excluding tert-OH is 1. The Morgan fingerprint density at radius 1 is 1.06 bits per heavy atom. The Morgan fingerprint density at radius 3 is 2.48 bits per heavy atom. The van der Waals surface area contributed by atoms with E-state index in [1.54, 1.807) is 42.5 Å². The molecule has 0 aliphatic heterocycles. The van der Waals surface area contributed by atoms with E-state index in [1.165, 1.54) is 25.1 Å². The van der Waals surface area contributed by atoms with Crippen molar-refractivity contribution in [2.24, 2.45) is 0 Å². The van der Waals surface area contributed by atoms with Gasteiger partial charge in [0.05, 0.1) is 6.10 Å². The molecule has 0 aliphatic rings. The number of rotatable bonds is 10. The third-order valence-corrected chi connectivity index (χ3v) is 5.22. The predicted octanol–water partition coefficient (Wildman–Crippen LogP) is 4.64. The first-order valence-electron chi connectivity index (χ1n) is 10.7. The van der Waals surface area contributed by atoms with Crippen LogP contribution in [-0.4, -0.2) is 28.8 Å². The normalized spacial score (nSPS) is 12.7. The molecule has 0 saturated heterocycles. The molecule has 0 amide bonds. The second-order valence-corrected chi connectivity index (χ2v) is 7.77. The van der Waals surface area contributed by atoms with Crippen LogP contribution in [0, 0.1) is 5.82 Å². The molecule has 2 atom stereocenters. The Labute approximate surface area is 192 Å². The van der Waals surface area contributed by atoms with Crippen LogP contribution in [0.4, 0.5) is 4.39 Å². The number of phenolic OH excluding ortho intramolecular Hbond substituents is 1. The number of carbonyl (C=O) groups excluding carboxylic acids is 1. The fourth-order valence-corrected chi connectivity index (χ4v) is 3.33. The molecule has 0 aliphatic carbocycles. The highest BCUT2D eigenvalue weighted by atomic mass is 19.1. The molecule has 0 unspecified atom stereocenters. The van der Waals surface area contributed by atoms with Gasteiger partial charge in [-0.3, -0.25) is 4.79 Å². The molecule has 7 heteroatoms. The van der Waals surface area contributed by atoms with Gasteiger partial charge in [0.25, 0.3) is 0 Å². The van der Waals surface area contributed by atoms with Crippen LogP contribution in [-0.2, 0) is 22.6 Å². The summed E-state index contributed by atoms with van der Waals surface area (Å²) in [6, 6.07) is 17.9. The number of nitrogens with one attached hydrogen (secondary N) is 1. The fourth-order valence-electron chi connectivity index (χ4n) is 3.33. The van der Waals surface area contributed by atoms with E-state index in [0.717, 1.165) is 0 Å². The molecule has 174 valence electrons. The van der Waals surface area contributed by atoms with Crippen molar-refractivity contribution in [1.29, 1.82) is 0 Å². The van der Waals surface area contributed by atoms with Gasteiger partial charge in [-0.1, -0.05) is 36.4 Å². The Kier molecular flexibility index (Phi) is 8.40. The number of benzene rings is 3. The fraction of sp³-hybridized carbons (Fsp3) is 0.269. The molecular weight excluding hydrogens is 425 g/mol. The molecule has 3 N–H and O–H groups in total. The quantitative estimate of drug-likeness (QED) is 0.388. The van der Waals surface area contributed by atoms with Gasteiger partial charge in [0, 0.05) is 24.6 Å². The smallest absolute Gasteiger partial charge is 0.302 e. The molecule has 3 aromatic carbocycles. The van der Waals surface area contributed by atoms with Crippen LogP contribution in [0.2, 0.25) is 0 Å². The molecule has 0 saturated carbocycles. The first kappa shape index (κ1) is 24.2. The summed E-state index contributed by atoms with van der Waals surface area (Å²) in [5, 5.41) is 23.0. The molecule has 0 fully saturated rings. The summed E-state index contributed by atoms with van der Waals surface area (Å²) < 4.78 is 25.5. The van der Waals surface area contributed by atoms with Gasteiger partial charge < -0.3 is 25.0 Å². The second-order valence-electron chi connectivity index (χ2n) is 7.77. The molecule has 0 heterocycles. The van der Waals surface area contributed by atoms with Crippen LogP contribution in [0.5, 0.6) is 17.2 Å². The highest BCUT2D eigenvalue weighted by molar-refractivity contribution is 5.66. The van der Waals surface area contributed by atoms with Crippen molar-refractivity contribution in [1.82, 2.24) is 5.32 Å². The number of carbonyl (C=O) groups is 1. The van der Waals surface area contributed by atoms with E-state index in [-0.39, 0.29) is 18.4 Å². The van der Waals surface area contributed by atoms with Crippen LogP contribution < -0.4 is 10.1 Å². The topological polar surface area (TPSA) is 88.0 Å². The van der Waals surface area contributed by atoms with E-state index in [9.17, 15) is 19.4 Å². The highest BCUT2D eigenvalue weighted by Crippen LogP contribution is 2.27. The minimum atomic E-state index is -0.752. The first-order valence-corrected chi connectivity index (χ1v) is 10.7. The summed E-state index contributed by atoms with van der Waals surface area (Å²) in [5.41, 5.74) is 1.89. The van der Waals surface area contributed by atoms with Gasteiger partial charge in [-0.05, 0) is 55.3 Å². The average Bonchev–Trinajstić information content (AvgIpc) is 2.79. The lowest BCUT2D eigenvalue weighted by molar-refractivity contribution is -0.142. The van der Waals surface area contributed by atoms with E-state index in [2.05, 4.69) is 5.32 Å².